The summed E-state index contributed by atoms with van der Waals surface area (Å²) in [6.45, 7) is 2.03. The molecule has 0 radical (unpaired) electrons. The summed E-state index contributed by atoms with van der Waals surface area (Å²) >= 11 is 6.39. The van der Waals surface area contributed by atoms with Gasteiger partial charge < -0.3 is 10.1 Å². The number of carbonyl (C=O) groups is 2. The Morgan fingerprint density at radius 2 is 2.04 bits per heavy atom. The fraction of sp³-hybridized carbons (Fsp3) is 0.556. The maximum absolute atomic E-state index is 12.6. The van der Waals surface area contributed by atoms with Gasteiger partial charge in [-0.25, -0.2) is 0 Å². The number of nitrogens with one attached hydrogen (secondary N) is 1. The van der Waals surface area contributed by atoms with E-state index >= 15 is 0 Å². The molecule has 5 unspecified atom stereocenters. The number of amides is 1. The van der Waals surface area contributed by atoms with Crippen molar-refractivity contribution in [3.63, 3.8) is 0 Å². The van der Waals surface area contributed by atoms with Gasteiger partial charge in [0.2, 0.25) is 5.91 Å². The molecule has 1 amide bonds. The normalized spacial score (nSPS) is 33.5. The van der Waals surface area contributed by atoms with Gasteiger partial charge in [0, 0.05) is 17.3 Å². The first kappa shape index (κ1) is 16.3. The molecule has 124 valence electrons. The molecule has 23 heavy (non-hydrogen) atoms. The van der Waals surface area contributed by atoms with E-state index in [2.05, 4.69) is 5.32 Å². The number of halogens is 1. The lowest BCUT2D eigenvalue weighted by atomic mass is 9.65. The average molecular weight is 336 g/mol. The second kappa shape index (κ2) is 6.91. The van der Waals surface area contributed by atoms with Crippen LogP contribution < -0.4 is 5.32 Å². The van der Waals surface area contributed by atoms with E-state index in [1.165, 1.54) is 0 Å². The number of fused-ring (bicyclic) bond motifs is 1. The maximum atomic E-state index is 12.6. The molecule has 0 bridgehead atoms. The summed E-state index contributed by atoms with van der Waals surface area (Å²) in [5.41, 5.74) is 1.01. The number of esters is 1. The molecule has 1 aliphatic carbocycles. The van der Waals surface area contributed by atoms with E-state index in [9.17, 15) is 9.59 Å². The second-order valence-electron chi connectivity index (χ2n) is 6.36. The Kier molecular flexibility index (Phi) is 4.90. The van der Waals surface area contributed by atoms with E-state index < -0.39 is 11.9 Å². The Morgan fingerprint density at radius 1 is 1.30 bits per heavy atom. The van der Waals surface area contributed by atoms with Crippen LogP contribution in [0.15, 0.2) is 30.3 Å². The molecule has 1 heterocycles. The molecule has 0 aromatic heterocycles. The molecule has 1 aliphatic heterocycles. The molecule has 2 fully saturated rings. The van der Waals surface area contributed by atoms with E-state index in [1.54, 1.807) is 6.92 Å². The first-order chi connectivity index (χ1) is 11.1. The summed E-state index contributed by atoms with van der Waals surface area (Å²) in [6.07, 6.45) is 2.57. The SMILES string of the molecule is CCOC(=O)C1C(=O)NC2CCC(Cl)CC2C1c1ccccc1. The monoisotopic (exact) mass is 335 g/mol. The highest BCUT2D eigenvalue weighted by Gasteiger charge is 2.50. The highest BCUT2D eigenvalue weighted by atomic mass is 35.5. The first-order valence-corrected chi connectivity index (χ1v) is 8.71. The van der Waals surface area contributed by atoms with Crippen LogP contribution in [0.4, 0.5) is 0 Å². The molecule has 5 heteroatoms. The van der Waals surface area contributed by atoms with Crippen molar-refractivity contribution in [1.82, 2.24) is 5.32 Å². The van der Waals surface area contributed by atoms with Crippen LogP contribution in [-0.2, 0) is 14.3 Å². The van der Waals surface area contributed by atoms with Crippen molar-refractivity contribution in [2.45, 2.75) is 43.5 Å². The fourth-order valence-corrected chi connectivity index (χ4v) is 4.34. The minimum Gasteiger partial charge on any atom is -0.465 e. The quantitative estimate of drug-likeness (QED) is 0.525. The van der Waals surface area contributed by atoms with Gasteiger partial charge in [-0.15, -0.1) is 11.6 Å². The Morgan fingerprint density at radius 3 is 2.74 bits per heavy atom. The van der Waals surface area contributed by atoms with Crippen LogP contribution in [0.3, 0.4) is 0 Å². The molecule has 1 N–H and O–H groups in total. The Labute approximate surface area is 141 Å². The van der Waals surface area contributed by atoms with Crippen LogP contribution in [0, 0.1) is 11.8 Å². The first-order valence-electron chi connectivity index (χ1n) is 8.27. The third-order valence-corrected chi connectivity index (χ3v) is 5.39. The van der Waals surface area contributed by atoms with Crippen LogP contribution in [0.5, 0.6) is 0 Å². The third-order valence-electron chi connectivity index (χ3n) is 4.99. The smallest absolute Gasteiger partial charge is 0.319 e. The van der Waals surface area contributed by atoms with Crippen molar-refractivity contribution >= 4 is 23.5 Å². The molecule has 5 atom stereocenters. The van der Waals surface area contributed by atoms with Crippen molar-refractivity contribution in [1.29, 1.82) is 0 Å². The van der Waals surface area contributed by atoms with Gasteiger partial charge >= 0.3 is 5.97 Å². The number of ether oxygens (including phenoxy) is 1. The predicted octanol–water partition coefficient (Wildman–Crippen LogP) is 2.86. The second-order valence-corrected chi connectivity index (χ2v) is 6.97. The van der Waals surface area contributed by atoms with Gasteiger partial charge in [0.05, 0.1) is 6.61 Å². The van der Waals surface area contributed by atoms with E-state index in [0.29, 0.717) is 0 Å². The van der Waals surface area contributed by atoms with Crippen LogP contribution in [-0.4, -0.2) is 29.9 Å². The maximum Gasteiger partial charge on any atom is 0.319 e. The summed E-state index contributed by atoms with van der Waals surface area (Å²) in [6, 6.07) is 9.90. The van der Waals surface area contributed by atoms with Crippen LogP contribution in [0.1, 0.15) is 37.7 Å². The fourth-order valence-electron chi connectivity index (χ4n) is 4.01. The van der Waals surface area contributed by atoms with E-state index in [-0.39, 0.29) is 35.8 Å². The Bertz CT molecular complexity index is 577. The van der Waals surface area contributed by atoms with Gasteiger partial charge in [-0.1, -0.05) is 30.3 Å². The molecular formula is C18H22ClNO3. The van der Waals surface area contributed by atoms with Gasteiger partial charge in [0.15, 0.2) is 0 Å². The number of hydrogen-bond acceptors (Lipinski definition) is 3. The molecule has 2 aliphatic rings. The van der Waals surface area contributed by atoms with Crippen molar-refractivity contribution in [3.8, 4) is 0 Å². The number of alkyl halides is 1. The van der Waals surface area contributed by atoms with Gasteiger partial charge in [0.1, 0.15) is 5.92 Å². The molecular weight excluding hydrogens is 314 g/mol. The highest BCUT2D eigenvalue weighted by molar-refractivity contribution is 6.20. The summed E-state index contributed by atoms with van der Waals surface area (Å²) in [5, 5.41) is 3.13. The molecule has 4 nitrogen and oxygen atoms in total. The van der Waals surface area contributed by atoms with Crippen LogP contribution >= 0.6 is 11.6 Å². The summed E-state index contributed by atoms with van der Waals surface area (Å²) < 4.78 is 5.18. The molecule has 3 rings (SSSR count). The van der Waals surface area contributed by atoms with E-state index in [0.717, 1.165) is 24.8 Å². The summed E-state index contributed by atoms with van der Waals surface area (Å²) in [7, 11) is 0. The highest BCUT2D eigenvalue weighted by Crippen LogP contribution is 2.45. The predicted molar refractivity (Wildman–Crippen MR) is 88.2 cm³/mol. The van der Waals surface area contributed by atoms with E-state index in [1.807, 2.05) is 30.3 Å². The molecule has 1 aromatic carbocycles. The van der Waals surface area contributed by atoms with Crippen molar-refractivity contribution < 1.29 is 14.3 Å². The molecule has 1 saturated heterocycles. The van der Waals surface area contributed by atoms with E-state index in [4.69, 9.17) is 16.3 Å². The minimum absolute atomic E-state index is 0.0911. The summed E-state index contributed by atoms with van der Waals surface area (Å²) in [4.78, 5) is 25.0. The van der Waals surface area contributed by atoms with Gasteiger partial charge in [-0.3, -0.25) is 9.59 Å². The summed E-state index contributed by atoms with van der Waals surface area (Å²) in [5.74, 6) is -1.45. The Hall–Kier alpha value is -1.55. The number of rotatable bonds is 3. The van der Waals surface area contributed by atoms with Crippen molar-refractivity contribution in [2.24, 2.45) is 11.8 Å². The van der Waals surface area contributed by atoms with Crippen molar-refractivity contribution in [2.75, 3.05) is 6.61 Å². The number of benzene rings is 1. The lowest BCUT2D eigenvalue weighted by Crippen LogP contribution is -2.57. The van der Waals surface area contributed by atoms with Crippen LogP contribution in [0.25, 0.3) is 0 Å². The van der Waals surface area contributed by atoms with Gasteiger partial charge in [-0.05, 0) is 37.7 Å². The lowest BCUT2D eigenvalue weighted by Gasteiger charge is -2.45. The zero-order valence-electron chi connectivity index (χ0n) is 13.2. The van der Waals surface area contributed by atoms with Crippen LogP contribution in [0.2, 0.25) is 0 Å². The third kappa shape index (κ3) is 3.23. The number of piperidine rings is 1. The topological polar surface area (TPSA) is 55.4 Å². The zero-order valence-corrected chi connectivity index (χ0v) is 14.0. The molecule has 1 aromatic rings. The lowest BCUT2D eigenvalue weighted by molar-refractivity contribution is -0.156. The number of hydrogen-bond donors (Lipinski definition) is 1. The zero-order chi connectivity index (χ0) is 16.4. The largest absolute Gasteiger partial charge is 0.465 e. The van der Waals surface area contributed by atoms with Gasteiger partial charge in [-0.2, -0.15) is 0 Å². The molecule has 1 saturated carbocycles. The Balaban J connectivity index is 1.99. The minimum atomic E-state index is -0.791. The average Bonchev–Trinajstić information content (AvgIpc) is 2.55. The standard InChI is InChI=1S/C18H22ClNO3/c1-2-23-18(22)16-15(11-6-4-3-5-7-11)13-10-12(19)8-9-14(13)20-17(16)21/h3-7,12-16H,2,8-10H2,1H3,(H,20,21). The van der Waals surface area contributed by atoms with Gasteiger partial charge in [0.25, 0.3) is 0 Å². The number of carbonyl (C=O) groups excluding carboxylic acids is 2. The molecule has 0 spiro atoms. The van der Waals surface area contributed by atoms with Crippen molar-refractivity contribution in [3.05, 3.63) is 35.9 Å².